The predicted octanol–water partition coefficient (Wildman–Crippen LogP) is 1.42. The number of para-hydroxylation sites is 1. The maximum atomic E-state index is 12.0. The Bertz CT molecular complexity index is 831. The lowest BCUT2D eigenvalue weighted by Gasteiger charge is -2.03. The topological polar surface area (TPSA) is 79.8 Å². The molecule has 2 aromatic heterocycles. The van der Waals surface area contributed by atoms with Crippen LogP contribution in [-0.4, -0.2) is 29.7 Å². The van der Waals surface area contributed by atoms with Gasteiger partial charge < -0.3 is 4.98 Å². The van der Waals surface area contributed by atoms with Gasteiger partial charge in [0.15, 0.2) is 0 Å². The highest BCUT2D eigenvalue weighted by atomic mass is 32.2. The Kier molecular flexibility index (Phi) is 3.52. The molecule has 0 amide bonds. The Morgan fingerprint density at radius 2 is 2.14 bits per heavy atom. The van der Waals surface area contributed by atoms with Crippen LogP contribution in [0, 0.1) is 0 Å². The number of nitrogens with zero attached hydrogens (tertiary/aromatic N) is 2. The largest absolute Gasteiger partial charge is 0.358 e. The van der Waals surface area contributed by atoms with Gasteiger partial charge in [0.05, 0.1) is 6.20 Å². The highest BCUT2D eigenvalue weighted by Gasteiger charge is 2.15. The van der Waals surface area contributed by atoms with Crippen molar-refractivity contribution in [2.45, 2.75) is 11.3 Å². The molecule has 21 heavy (non-hydrogen) atoms. The van der Waals surface area contributed by atoms with E-state index in [4.69, 9.17) is 0 Å². The summed E-state index contributed by atoms with van der Waals surface area (Å²) in [5, 5.41) is 5.00. The number of hydrogen-bond donors (Lipinski definition) is 2. The smallest absolute Gasteiger partial charge is 0.243 e. The van der Waals surface area contributed by atoms with Crippen molar-refractivity contribution < 1.29 is 8.42 Å². The molecule has 7 heteroatoms. The van der Waals surface area contributed by atoms with Crippen molar-refractivity contribution in [2.75, 3.05) is 6.54 Å². The summed E-state index contributed by atoms with van der Waals surface area (Å²) in [5.41, 5.74) is 2.06. The summed E-state index contributed by atoms with van der Waals surface area (Å²) < 4.78 is 28.1. The first kappa shape index (κ1) is 13.8. The van der Waals surface area contributed by atoms with E-state index >= 15 is 0 Å². The molecule has 0 fully saturated rings. The van der Waals surface area contributed by atoms with Crippen LogP contribution in [0.15, 0.2) is 47.6 Å². The summed E-state index contributed by atoms with van der Waals surface area (Å²) >= 11 is 0. The van der Waals surface area contributed by atoms with Crippen LogP contribution >= 0.6 is 0 Å². The van der Waals surface area contributed by atoms with E-state index in [0.29, 0.717) is 13.0 Å². The molecule has 6 nitrogen and oxygen atoms in total. The van der Waals surface area contributed by atoms with Crippen molar-refractivity contribution in [3.8, 4) is 0 Å². The first-order chi connectivity index (χ1) is 10.0. The summed E-state index contributed by atoms with van der Waals surface area (Å²) in [4.78, 5) is 3.46. The highest BCUT2D eigenvalue weighted by molar-refractivity contribution is 7.89. The molecule has 2 heterocycles. The van der Waals surface area contributed by atoms with Crippen LogP contribution in [0.25, 0.3) is 10.9 Å². The number of aromatic amines is 1. The lowest BCUT2D eigenvalue weighted by atomic mass is 10.2. The third-order valence-corrected chi connectivity index (χ3v) is 4.68. The highest BCUT2D eigenvalue weighted by Crippen LogP contribution is 2.15. The van der Waals surface area contributed by atoms with Crippen LogP contribution in [0.1, 0.15) is 5.69 Å². The summed E-state index contributed by atoms with van der Waals surface area (Å²) in [6, 6.07) is 10.0. The van der Waals surface area contributed by atoms with Crippen LogP contribution in [0.2, 0.25) is 0 Å². The molecule has 3 rings (SSSR count). The SMILES string of the molecule is Cn1cc(S(=O)(=O)NCCc2cc3ccccc3[nH]2)cn1. The molecule has 0 radical (unpaired) electrons. The van der Waals surface area contributed by atoms with Gasteiger partial charge >= 0.3 is 0 Å². The average Bonchev–Trinajstić information content (AvgIpc) is 3.04. The Labute approximate surface area is 122 Å². The molecular weight excluding hydrogens is 288 g/mol. The zero-order chi connectivity index (χ0) is 14.9. The minimum atomic E-state index is -3.49. The van der Waals surface area contributed by atoms with Gasteiger partial charge in [-0.2, -0.15) is 5.10 Å². The van der Waals surface area contributed by atoms with E-state index in [0.717, 1.165) is 16.6 Å². The van der Waals surface area contributed by atoms with Crippen molar-refractivity contribution in [3.05, 3.63) is 48.4 Å². The van der Waals surface area contributed by atoms with Crippen molar-refractivity contribution >= 4 is 20.9 Å². The lowest BCUT2D eigenvalue weighted by Crippen LogP contribution is -2.25. The molecule has 0 saturated heterocycles. The van der Waals surface area contributed by atoms with Gasteiger partial charge in [0.1, 0.15) is 4.90 Å². The van der Waals surface area contributed by atoms with Gasteiger partial charge in [-0.1, -0.05) is 18.2 Å². The number of nitrogens with one attached hydrogen (secondary N) is 2. The minimum Gasteiger partial charge on any atom is -0.358 e. The fourth-order valence-corrected chi connectivity index (χ4v) is 3.22. The van der Waals surface area contributed by atoms with E-state index in [1.165, 1.54) is 17.1 Å². The van der Waals surface area contributed by atoms with Gasteiger partial charge in [0.25, 0.3) is 0 Å². The zero-order valence-corrected chi connectivity index (χ0v) is 12.4. The van der Waals surface area contributed by atoms with E-state index in [-0.39, 0.29) is 4.90 Å². The third-order valence-electron chi connectivity index (χ3n) is 3.26. The summed E-state index contributed by atoms with van der Waals surface area (Å²) in [6.07, 6.45) is 3.42. The molecule has 3 aromatic rings. The lowest BCUT2D eigenvalue weighted by molar-refractivity contribution is 0.581. The number of H-pyrrole nitrogens is 1. The normalized spacial score (nSPS) is 12.0. The van der Waals surface area contributed by atoms with Crippen LogP contribution < -0.4 is 4.72 Å². The third kappa shape index (κ3) is 2.98. The molecule has 0 aliphatic rings. The van der Waals surface area contributed by atoms with Crippen LogP contribution in [0.3, 0.4) is 0 Å². The van der Waals surface area contributed by atoms with Crippen LogP contribution in [-0.2, 0) is 23.5 Å². The number of aryl methyl sites for hydroxylation is 1. The number of hydrogen-bond acceptors (Lipinski definition) is 3. The van der Waals surface area contributed by atoms with Gasteiger partial charge in [-0.15, -0.1) is 0 Å². The Morgan fingerprint density at radius 3 is 2.86 bits per heavy atom. The molecule has 0 bridgehead atoms. The second-order valence-corrected chi connectivity index (χ2v) is 6.65. The van der Waals surface area contributed by atoms with Gasteiger partial charge in [-0.3, -0.25) is 4.68 Å². The second-order valence-electron chi connectivity index (χ2n) is 4.88. The first-order valence-electron chi connectivity index (χ1n) is 6.59. The molecule has 0 aliphatic heterocycles. The molecule has 0 aliphatic carbocycles. The van der Waals surface area contributed by atoms with Crippen molar-refractivity contribution in [2.24, 2.45) is 7.05 Å². The zero-order valence-electron chi connectivity index (χ0n) is 11.6. The van der Waals surface area contributed by atoms with Gasteiger partial charge in [-0.25, -0.2) is 13.1 Å². The summed E-state index contributed by atoms with van der Waals surface area (Å²) in [5.74, 6) is 0. The molecule has 0 atom stereocenters. The monoisotopic (exact) mass is 304 g/mol. The van der Waals surface area contributed by atoms with E-state index in [2.05, 4.69) is 14.8 Å². The Morgan fingerprint density at radius 1 is 1.33 bits per heavy atom. The number of benzene rings is 1. The fraction of sp³-hybridized carbons (Fsp3) is 0.214. The van der Waals surface area contributed by atoms with E-state index in [1.54, 1.807) is 7.05 Å². The molecular formula is C14H16N4O2S. The van der Waals surface area contributed by atoms with Gasteiger partial charge in [0, 0.05) is 37.4 Å². The van der Waals surface area contributed by atoms with Crippen molar-refractivity contribution in [3.63, 3.8) is 0 Å². The molecule has 0 saturated carbocycles. The van der Waals surface area contributed by atoms with E-state index < -0.39 is 10.0 Å². The second kappa shape index (κ2) is 5.34. The van der Waals surface area contributed by atoms with Gasteiger partial charge in [0.2, 0.25) is 10.0 Å². The molecule has 0 spiro atoms. The van der Waals surface area contributed by atoms with E-state index in [1.807, 2.05) is 30.3 Å². The standard InChI is InChI=1S/C14H16N4O2S/c1-18-10-13(9-15-18)21(19,20)16-7-6-12-8-11-4-2-3-5-14(11)17-12/h2-5,8-10,16-17H,6-7H2,1H3. The van der Waals surface area contributed by atoms with E-state index in [9.17, 15) is 8.42 Å². The Hall–Kier alpha value is -2.12. The van der Waals surface area contributed by atoms with Crippen LogP contribution in [0.4, 0.5) is 0 Å². The van der Waals surface area contributed by atoms with Crippen molar-refractivity contribution in [1.29, 1.82) is 0 Å². The molecule has 0 unspecified atom stereocenters. The number of rotatable bonds is 5. The van der Waals surface area contributed by atoms with Crippen molar-refractivity contribution in [1.82, 2.24) is 19.5 Å². The Balaban J connectivity index is 1.65. The van der Waals surface area contributed by atoms with Crippen LogP contribution in [0.5, 0.6) is 0 Å². The minimum absolute atomic E-state index is 0.182. The summed E-state index contributed by atoms with van der Waals surface area (Å²) in [7, 11) is -1.80. The maximum Gasteiger partial charge on any atom is 0.243 e. The number of sulfonamides is 1. The number of fused-ring (bicyclic) bond motifs is 1. The first-order valence-corrected chi connectivity index (χ1v) is 8.08. The van der Waals surface area contributed by atoms with Gasteiger partial charge in [-0.05, 0) is 17.5 Å². The molecule has 110 valence electrons. The quantitative estimate of drug-likeness (QED) is 0.748. The number of aromatic nitrogens is 3. The predicted molar refractivity (Wildman–Crippen MR) is 80.4 cm³/mol. The summed E-state index contributed by atoms with van der Waals surface area (Å²) in [6.45, 7) is 0.337. The molecule has 1 aromatic carbocycles. The molecule has 2 N–H and O–H groups in total. The maximum absolute atomic E-state index is 12.0. The fourth-order valence-electron chi connectivity index (χ4n) is 2.21. The average molecular weight is 304 g/mol.